The Balaban J connectivity index is 1.92. The predicted octanol–water partition coefficient (Wildman–Crippen LogP) is 2.69. The minimum Gasteiger partial charge on any atom is -0.397 e. The molecule has 1 saturated carbocycles. The Morgan fingerprint density at radius 3 is 2.79 bits per heavy atom. The number of hydrogen-bond donors (Lipinski definition) is 2. The highest BCUT2D eigenvalue weighted by Gasteiger charge is 2.22. The minimum atomic E-state index is -0.535. The smallest absolute Gasteiger partial charge is 0.253 e. The van der Waals surface area contributed by atoms with Gasteiger partial charge in [-0.05, 0) is 38.0 Å². The lowest BCUT2D eigenvalue weighted by Gasteiger charge is -2.18. The maximum absolute atomic E-state index is 12.9. The van der Waals surface area contributed by atoms with Crippen molar-refractivity contribution in [2.75, 3.05) is 11.1 Å². The van der Waals surface area contributed by atoms with E-state index in [-0.39, 0.29) is 17.7 Å². The maximum atomic E-state index is 12.9. The summed E-state index contributed by atoms with van der Waals surface area (Å²) in [6, 6.07) is 3.89. The Morgan fingerprint density at radius 2 is 2.16 bits per heavy atom. The molecule has 3 N–H and O–H groups in total. The number of nitrogens with two attached hydrogens (primary N) is 1. The molecule has 4 nitrogen and oxygen atoms in total. The maximum Gasteiger partial charge on any atom is 0.253 e. The van der Waals surface area contributed by atoms with Gasteiger partial charge in [0.25, 0.3) is 5.91 Å². The van der Waals surface area contributed by atoms with Crippen molar-refractivity contribution in [3.05, 3.63) is 24.0 Å². The molecule has 0 aliphatic heterocycles. The molecular formula is C14H19FN2O2. The van der Waals surface area contributed by atoms with Crippen molar-refractivity contribution in [1.29, 1.82) is 0 Å². The second-order valence-corrected chi connectivity index (χ2v) is 4.91. The lowest BCUT2D eigenvalue weighted by molar-refractivity contribution is -0.129. The van der Waals surface area contributed by atoms with Gasteiger partial charge in [-0.15, -0.1) is 0 Å². The summed E-state index contributed by atoms with van der Waals surface area (Å²) in [6.07, 6.45) is 3.97. The molecule has 1 fully saturated rings. The number of nitrogens with one attached hydrogen (secondary N) is 1. The lowest BCUT2D eigenvalue weighted by Crippen LogP contribution is -2.31. The number of halogens is 1. The highest BCUT2D eigenvalue weighted by atomic mass is 19.1. The van der Waals surface area contributed by atoms with Crippen LogP contribution in [0.1, 0.15) is 32.6 Å². The van der Waals surface area contributed by atoms with E-state index in [9.17, 15) is 9.18 Å². The average molecular weight is 266 g/mol. The summed E-state index contributed by atoms with van der Waals surface area (Å²) < 4.78 is 18.6. The Labute approximate surface area is 112 Å². The van der Waals surface area contributed by atoms with Crippen LogP contribution in [0.15, 0.2) is 18.2 Å². The zero-order valence-electron chi connectivity index (χ0n) is 11.0. The van der Waals surface area contributed by atoms with E-state index in [0.717, 1.165) is 25.7 Å². The Morgan fingerprint density at radius 1 is 1.47 bits per heavy atom. The van der Waals surface area contributed by atoms with Crippen molar-refractivity contribution >= 4 is 17.3 Å². The van der Waals surface area contributed by atoms with Crippen molar-refractivity contribution in [2.24, 2.45) is 0 Å². The number of hydrogen-bond acceptors (Lipinski definition) is 3. The van der Waals surface area contributed by atoms with E-state index >= 15 is 0 Å². The SMILES string of the molecule is CC(OC1CCCC1)C(=O)Nc1ccc(F)cc1N. The molecule has 1 aliphatic carbocycles. The van der Waals surface area contributed by atoms with Gasteiger partial charge < -0.3 is 15.8 Å². The molecule has 19 heavy (non-hydrogen) atoms. The van der Waals surface area contributed by atoms with Gasteiger partial charge >= 0.3 is 0 Å². The fourth-order valence-electron chi connectivity index (χ4n) is 2.26. The number of carbonyl (C=O) groups is 1. The lowest BCUT2D eigenvalue weighted by atomic mass is 10.2. The first-order valence-electron chi connectivity index (χ1n) is 6.57. The molecule has 0 saturated heterocycles. The minimum absolute atomic E-state index is 0.173. The third-order valence-corrected chi connectivity index (χ3v) is 3.34. The van der Waals surface area contributed by atoms with Crippen molar-refractivity contribution in [1.82, 2.24) is 0 Å². The summed E-state index contributed by atoms with van der Waals surface area (Å²) in [5.74, 6) is -0.684. The van der Waals surface area contributed by atoms with E-state index in [1.54, 1.807) is 6.92 Å². The first kappa shape index (κ1) is 13.8. The highest BCUT2D eigenvalue weighted by Crippen LogP contribution is 2.23. The second-order valence-electron chi connectivity index (χ2n) is 4.91. The van der Waals surface area contributed by atoms with E-state index < -0.39 is 11.9 Å². The molecule has 0 bridgehead atoms. The van der Waals surface area contributed by atoms with Gasteiger partial charge in [-0.2, -0.15) is 0 Å². The monoisotopic (exact) mass is 266 g/mol. The molecule has 1 amide bonds. The van der Waals surface area contributed by atoms with Gasteiger partial charge in [-0.1, -0.05) is 12.8 Å². The zero-order chi connectivity index (χ0) is 13.8. The number of carbonyl (C=O) groups excluding carboxylic acids is 1. The number of rotatable bonds is 4. The van der Waals surface area contributed by atoms with Crippen LogP contribution in [0.4, 0.5) is 15.8 Å². The van der Waals surface area contributed by atoms with Crippen LogP contribution in [0.3, 0.4) is 0 Å². The molecule has 0 aromatic heterocycles. The average Bonchev–Trinajstić information content (AvgIpc) is 2.85. The summed E-state index contributed by atoms with van der Waals surface area (Å²) in [5.41, 5.74) is 6.26. The molecule has 1 atom stereocenters. The van der Waals surface area contributed by atoms with E-state index in [1.807, 2.05) is 0 Å². The number of nitrogen functional groups attached to an aromatic ring is 1. The first-order valence-corrected chi connectivity index (χ1v) is 6.57. The molecule has 5 heteroatoms. The Bertz CT molecular complexity index is 459. The molecule has 0 radical (unpaired) electrons. The Kier molecular flexibility index (Phi) is 4.37. The molecule has 0 heterocycles. The van der Waals surface area contributed by atoms with Crippen molar-refractivity contribution in [2.45, 2.75) is 44.8 Å². The van der Waals surface area contributed by atoms with Crippen molar-refractivity contribution in [3.63, 3.8) is 0 Å². The summed E-state index contributed by atoms with van der Waals surface area (Å²) in [4.78, 5) is 12.0. The molecule has 1 aromatic rings. The normalized spacial score (nSPS) is 17.4. The predicted molar refractivity (Wildman–Crippen MR) is 72.2 cm³/mol. The molecule has 1 unspecified atom stereocenters. The van der Waals surface area contributed by atoms with Crippen LogP contribution >= 0.6 is 0 Å². The van der Waals surface area contributed by atoms with Crippen LogP contribution in [0.2, 0.25) is 0 Å². The number of anilines is 2. The largest absolute Gasteiger partial charge is 0.397 e. The van der Waals surface area contributed by atoms with Crippen LogP contribution in [0, 0.1) is 5.82 Å². The number of benzene rings is 1. The summed E-state index contributed by atoms with van der Waals surface area (Å²) in [5, 5.41) is 2.66. The fourth-order valence-corrected chi connectivity index (χ4v) is 2.26. The summed E-state index contributed by atoms with van der Waals surface area (Å²) in [7, 11) is 0. The second kappa shape index (κ2) is 6.02. The third-order valence-electron chi connectivity index (χ3n) is 3.34. The molecule has 104 valence electrons. The van der Waals surface area contributed by atoms with Crippen LogP contribution in [-0.4, -0.2) is 18.1 Å². The van der Waals surface area contributed by atoms with E-state index in [0.29, 0.717) is 5.69 Å². The van der Waals surface area contributed by atoms with Crippen molar-refractivity contribution < 1.29 is 13.9 Å². The number of ether oxygens (including phenoxy) is 1. The Hall–Kier alpha value is -1.62. The molecule has 0 spiro atoms. The number of amides is 1. The van der Waals surface area contributed by atoms with Crippen LogP contribution in [0.5, 0.6) is 0 Å². The molecular weight excluding hydrogens is 247 g/mol. The van der Waals surface area contributed by atoms with Gasteiger partial charge in [0.1, 0.15) is 11.9 Å². The van der Waals surface area contributed by atoms with Gasteiger partial charge in [-0.25, -0.2) is 4.39 Å². The topological polar surface area (TPSA) is 64.3 Å². The van der Waals surface area contributed by atoms with Crippen LogP contribution in [-0.2, 0) is 9.53 Å². The highest BCUT2D eigenvalue weighted by molar-refractivity contribution is 5.96. The van der Waals surface area contributed by atoms with Gasteiger partial charge in [-0.3, -0.25) is 4.79 Å². The fraction of sp³-hybridized carbons (Fsp3) is 0.500. The quantitative estimate of drug-likeness (QED) is 0.823. The third kappa shape index (κ3) is 3.67. The van der Waals surface area contributed by atoms with E-state index in [2.05, 4.69) is 5.32 Å². The van der Waals surface area contributed by atoms with Crippen LogP contribution in [0.25, 0.3) is 0 Å². The molecule has 2 rings (SSSR count). The first-order chi connectivity index (χ1) is 9.06. The van der Waals surface area contributed by atoms with Gasteiger partial charge in [0.05, 0.1) is 17.5 Å². The van der Waals surface area contributed by atoms with Crippen molar-refractivity contribution in [3.8, 4) is 0 Å². The molecule has 1 aromatic carbocycles. The summed E-state index contributed by atoms with van der Waals surface area (Å²) >= 11 is 0. The molecule has 1 aliphatic rings. The summed E-state index contributed by atoms with van der Waals surface area (Å²) in [6.45, 7) is 1.72. The van der Waals surface area contributed by atoms with E-state index in [4.69, 9.17) is 10.5 Å². The van der Waals surface area contributed by atoms with E-state index in [1.165, 1.54) is 18.2 Å². The van der Waals surface area contributed by atoms with Gasteiger partial charge in [0, 0.05) is 0 Å². The zero-order valence-corrected chi connectivity index (χ0v) is 11.0. The van der Waals surface area contributed by atoms with Gasteiger partial charge in [0.2, 0.25) is 0 Å². The van der Waals surface area contributed by atoms with Gasteiger partial charge in [0.15, 0.2) is 0 Å². The van der Waals surface area contributed by atoms with Crippen LogP contribution < -0.4 is 11.1 Å². The standard InChI is InChI=1S/C14H19FN2O2/c1-9(19-11-4-2-3-5-11)14(18)17-13-7-6-10(15)8-12(13)16/h6-9,11H,2-5,16H2,1H3,(H,17,18).